The number of aromatic nitrogens is 2. The van der Waals surface area contributed by atoms with E-state index in [2.05, 4.69) is 9.97 Å². The van der Waals surface area contributed by atoms with Gasteiger partial charge in [0.1, 0.15) is 11.6 Å². The molecule has 0 unspecified atom stereocenters. The summed E-state index contributed by atoms with van der Waals surface area (Å²) in [4.78, 5) is 17.7. The van der Waals surface area contributed by atoms with E-state index in [0.717, 1.165) is 5.82 Å². The molecular formula is C12H11ClN2O3. The van der Waals surface area contributed by atoms with Crippen molar-refractivity contribution in [3.05, 3.63) is 47.0 Å². The first-order valence-corrected chi connectivity index (χ1v) is 5.68. The fourth-order valence-corrected chi connectivity index (χ4v) is 1.68. The van der Waals surface area contributed by atoms with Crippen LogP contribution in [0, 0.1) is 0 Å². The molecule has 0 spiro atoms. The average Bonchev–Trinajstić information content (AvgIpc) is 2.84. The molecule has 0 aliphatic heterocycles. The first-order valence-electron chi connectivity index (χ1n) is 5.30. The van der Waals surface area contributed by atoms with Crippen LogP contribution in [0.3, 0.4) is 0 Å². The van der Waals surface area contributed by atoms with Gasteiger partial charge in [-0.1, -0.05) is 11.6 Å². The number of carbonyl (C=O) groups is 1. The minimum atomic E-state index is -1.01. The second-order valence-corrected chi connectivity index (χ2v) is 3.99. The zero-order chi connectivity index (χ0) is 13.0. The number of halogens is 1. The Labute approximate surface area is 108 Å². The van der Waals surface area contributed by atoms with E-state index in [1.807, 2.05) is 0 Å². The maximum absolute atomic E-state index is 10.7. The molecule has 0 amide bonds. The van der Waals surface area contributed by atoms with Crippen molar-refractivity contribution < 1.29 is 14.6 Å². The number of imidazole rings is 1. The fraction of sp³-hybridized carbons (Fsp3) is 0.167. The van der Waals surface area contributed by atoms with Crippen molar-refractivity contribution in [3.8, 4) is 5.75 Å². The van der Waals surface area contributed by atoms with Gasteiger partial charge in [-0.25, -0.2) is 9.78 Å². The van der Waals surface area contributed by atoms with Crippen molar-refractivity contribution in [1.82, 2.24) is 9.97 Å². The Morgan fingerprint density at radius 2 is 2.33 bits per heavy atom. The second kappa shape index (κ2) is 5.55. The highest BCUT2D eigenvalue weighted by Crippen LogP contribution is 2.25. The van der Waals surface area contributed by atoms with E-state index < -0.39 is 5.97 Å². The van der Waals surface area contributed by atoms with Gasteiger partial charge < -0.3 is 14.8 Å². The van der Waals surface area contributed by atoms with Gasteiger partial charge in [0.25, 0.3) is 0 Å². The van der Waals surface area contributed by atoms with Gasteiger partial charge in [-0.15, -0.1) is 0 Å². The quantitative estimate of drug-likeness (QED) is 0.871. The lowest BCUT2D eigenvalue weighted by atomic mass is 10.2. The third-order valence-corrected chi connectivity index (χ3v) is 2.63. The van der Waals surface area contributed by atoms with Gasteiger partial charge in [0.05, 0.1) is 17.2 Å². The van der Waals surface area contributed by atoms with Crippen molar-refractivity contribution in [2.75, 3.05) is 6.61 Å². The first-order chi connectivity index (χ1) is 8.66. The number of hydrogen-bond donors (Lipinski definition) is 2. The molecule has 5 nitrogen and oxygen atoms in total. The minimum Gasteiger partial charge on any atom is -0.492 e. The summed E-state index contributed by atoms with van der Waals surface area (Å²) in [6.07, 6.45) is 4.04. The number of hydrogen-bond acceptors (Lipinski definition) is 3. The monoisotopic (exact) mass is 266 g/mol. The highest BCUT2D eigenvalue weighted by molar-refractivity contribution is 6.32. The van der Waals surface area contributed by atoms with Gasteiger partial charge in [0.2, 0.25) is 0 Å². The molecule has 2 N–H and O–H groups in total. The fourth-order valence-electron chi connectivity index (χ4n) is 1.44. The van der Waals surface area contributed by atoms with Crippen LogP contribution in [0.15, 0.2) is 30.6 Å². The van der Waals surface area contributed by atoms with Gasteiger partial charge in [-0.3, -0.25) is 0 Å². The number of carboxylic acid groups (broad SMARTS) is 1. The van der Waals surface area contributed by atoms with Gasteiger partial charge in [0.15, 0.2) is 0 Å². The molecule has 18 heavy (non-hydrogen) atoms. The van der Waals surface area contributed by atoms with Crippen LogP contribution in [0.25, 0.3) is 0 Å². The van der Waals surface area contributed by atoms with Crippen LogP contribution in [0.4, 0.5) is 0 Å². The Kier molecular flexibility index (Phi) is 3.84. The Morgan fingerprint density at radius 1 is 1.50 bits per heavy atom. The summed E-state index contributed by atoms with van der Waals surface area (Å²) in [6, 6.07) is 4.37. The largest absolute Gasteiger partial charge is 0.492 e. The smallest absolute Gasteiger partial charge is 0.335 e. The number of rotatable bonds is 5. The van der Waals surface area contributed by atoms with E-state index in [0.29, 0.717) is 18.8 Å². The van der Waals surface area contributed by atoms with Gasteiger partial charge in [0, 0.05) is 18.8 Å². The highest BCUT2D eigenvalue weighted by atomic mass is 35.5. The molecule has 0 aliphatic carbocycles. The Hall–Kier alpha value is -2.01. The van der Waals surface area contributed by atoms with Crippen LogP contribution in [0.1, 0.15) is 16.2 Å². The molecular weight excluding hydrogens is 256 g/mol. The average molecular weight is 267 g/mol. The summed E-state index contributed by atoms with van der Waals surface area (Å²) in [5, 5.41) is 9.08. The molecule has 2 aromatic rings. The Balaban J connectivity index is 1.95. The van der Waals surface area contributed by atoms with Crippen molar-refractivity contribution >= 4 is 17.6 Å². The third kappa shape index (κ3) is 3.01. The number of aromatic carboxylic acids is 1. The van der Waals surface area contributed by atoms with Gasteiger partial charge in [-0.05, 0) is 18.2 Å². The number of benzene rings is 1. The lowest BCUT2D eigenvalue weighted by Gasteiger charge is -2.07. The van der Waals surface area contributed by atoms with Crippen molar-refractivity contribution in [2.24, 2.45) is 0 Å². The Morgan fingerprint density at radius 3 is 2.94 bits per heavy atom. The van der Waals surface area contributed by atoms with Crippen molar-refractivity contribution in [3.63, 3.8) is 0 Å². The molecule has 1 aromatic carbocycles. The molecule has 2 rings (SSSR count). The van der Waals surface area contributed by atoms with Crippen LogP contribution in [0.2, 0.25) is 5.02 Å². The number of ether oxygens (including phenoxy) is 1. The number of nitrogens with one attached hydrogen (secondary N) is 1. The topological polar surface area (TPSA) is 75.2 Å². The van der Waals surface area contributed by atoms with Crippen molar-refractivity contribution in [1.29, 1.82) is 0 Å². The number of carboxylic acids is 1. The molecule has 0 atom stereocenters. The van der Waals surface area contributed by atoms with Crippen LogP contribution in [-0.2, 0) is 6.42 Å². The summed E-state index contributed by atoms with van der Waals surface area (Å²) in [6.45, 7) is 0.416. The van der Waals surface area contributed by atoms with Crippen LogP contribution < -0.4 is 4.74 Å². The Bertz CT molecular complexity index is 540. The maximum atomic E-state index is 10.7. The lowest BCUT2D eigenvalue weighted by Crippen LogP contribution is -2.04. The minimum absolute atomic E-state index is 0.137. The zero-order valence-corrected chi connectivity index (χ0v) is 10.1. The molecule has 0 radical (unpaired) electrons. The number of aromatic amines is 1. The molecule has 6 heteroatoms. The van der Waals surface area contributed by atoms with E-state index in [9.17, 15) is 4.79 Å². The standard InChI is InChI=1S/C12H11ClN2O3/c13-9-7-8(12(16)17)1-2-10(9)18-6-3-11-14-4-5-15-11/h1-2,4-5,7H,3,6H2,(H,14,15)(H,16,17). The second-order valence-electron chi connectivity index (χ2n) is 3.58. The predicted octanol–water partition coefficient (Wildman–Crippen LogP) is 2.38. The molecule has 0 fully saturated rings. The van der Waals surface area contributed by atoms with E-state index in [-0.39, 0.29) is 10.6 Å². The molecule has 94 valence electrons. The molecule has 0 aliphatic rings. The van der Waals surface area contributed by atoms with E-state index in [4.69, 9.17) is 21.4 Å². The summed E-state index contributed by atoms with van der Waals surface area (Å²) >= 11 is 5.92. The van der Waals surface area contributed by atoms with Crippen LogP contribution in [0.5, 0.6) is 5.75 Å². The summed E-state index contributed by atoms with van der Waals surface area (Å²) in [5.74, 6) is 0.278. The van der Waals surface area contributed by atoms with Gasteiger partial charge >= 0.3 is 5.97 Å². The van der Waals surface area contributed by atoms with Crippen molar-refractivity contribution in [2.45, 2.75) is 6.42 Å². The normalized spacial score (nSPS) is 10.3. The molecule has 0 saturated heterocycles. The maximum Gasteiger partial charge on any atom is 0.335 e. The molecule has 0 bridgehead atoms. The number of nitrogens with zero attached hydrogens (tertiary/aromatic N) is 1. The summed E-state index contributed by atoms with van der Waals surface area (Å²) in [7, 11) is 0. The lowest BCUT2D eigenvalue weighted by molar-refractivity contribution is 0.0697. The SMILES string of the molecule is O=C(O)c1ccc(OCCc2ncc[nH]2)c(Cl)c1. The first kappa shape index (κ1) is 12.4. The summed E-state index contributed by atoms with van der Waals surface area (Å²) < 4.78 is 5.46. The molecule has 1 aromatic heterocycles. The summed E-state index contributed by atoms with van der Waals surface area (Å²) in [5.41, 5.74) is 0.137. The third-order valence-electron chi connectivity index (χ3n) is 2.33. The molecule has 0 saturated carbocycles. The highest BCUT2D eigenvalue weighted by Gasteiger charge is 2.08. The van der Waals surface area contributed by atoms with Crippen LogP contribution in [-0.4, -0.2) is 27.7 Å². The number of H-pyrrole nitrogens is 1. The zero-order valence-electron chi connectivity index (χ0n) is 9.39. The van der Waals surface area contributed by atoms with E-state index >= 15 is 0 Å². The van der Waals surface area contributed by atoms with E-state index in [1.54, 1.807) is 18.5 Å². The van der Waals surface area contributed by atoms with Gasteiger partial charge in [-0.2, -0.15) is 0 Å². The predicted molar refractivity (Wildman–Crippen MR) is 66.2 cm³/mol. The molecule has 1 heterocycles. The van der Waals surface area contributed by atoms with E-state index in [1.165, 1.54) is 12.1 Å². The van der Waals surface area contributed by atoms with Crippen LogP contribution >= 0.6 is 11.6 Å².